The van der Waals surface area contributed by atoms with Gasteiger partial charge in [0.1, 0.15) is 15.4 Å². The van der Waals surface area contributed by atoms with Gasteiger partial charge in [0.2, 0.25) is 0 Å². The zero-order valence-corrected chi connectivity index (χ0v) is 17.0. The predicted octanol–water partition coefficient (Wildman–Crippen LogP) is 1.57. The first-order chi connectivity index (χ1) is 13.9. The second kappa shape index (κ2) is 7.33. The smallest absolute Gasteiger partial charge is 0.348 e. The number of rotatable bonds is 4. The van der Waals surface area contributed by atoms with E-state index in [4.69, 9.17) is 10.6 Å². The molecule has 0 amide bonds. The maximum absolute atomic E-state index is 12.7. The quantitative estimate of drug-likeness (QED) is 0.225. The van der Waals surface area contributed by atoms with Crippen LogP contribution in [0.25, 0.3) is 15.9 Å². The molecule has 0 atom stereocenters. The van der Waals surface area contributed by atoms with E-state index in [1.807, 2.05) is 0 Å². The van der Waals surface area contributed by atoms with Gasteiger partial charge in [0, 0.05) is 18.0 Å². The molecule has 0 spiro atoms. The van der Waals surface area contributed by atoms with Gasteiger partial charge in [-0.05, 0) is 24.6 Å². The lowest BCUT2D eigenvalue weighted by Crippen LogP contribution is -2.29. The number of carbonyl (C=O) groups excluding carboxylic acids is 1. The van der Waals surface area contributed by atoms with Crippen LogP contribution < -0.4 is 17.0 Å². The molecule has 0 aliphatic rings. The lowest BCUT2D eigenvalue weighted by Gasteiger charge is -2.07. The average molecular weight is 429 g/mol. The van der Waals surface area contributed by atoms with Crippen molar-refractivity contribution < 1.29 is 9.53 Å². The number of esters is 1. The van der Waals surface area contributed by atoms with Crippen molar-refractivity contribution in [2.75, 3.05) is 13.0 Å². The molecule has 0 radical (unpaired) electrons. The second-order valence-corrected chi connectivity index (χ2v) is 8.04. The number of ether oxygens (including phenoxy) is 1. The summed E-state index contributed by atoms with van der Waals surface area (Å²) >= 11 is 2.27. The van der Waals surface area contributed by atoms with Crippen LogP contribution in [0.5, 0.6) is 0 Å². The molecule has 2 N–H and O–H groups in total. The lowest BCUT2D eigenvalue weighted by atomic mass is 10.2. The molecular formula is C18H15N5O4S2. The third-order valence-corrected chi connectivity index (χ3v) is 6.46. The molecule has 29 heavy (non-hydrogen) atoms. The van der Waals surface area contributed by atoms with Gasteiger partial charge in [-0.25, -0.2) is 19.4 Å². The number of thioether (sulfide) groups is 1. The van der Waals surface area contributed by atoms with Crippen molar-refractivity contribution in [3.63, 3.8) is 0 Å². The fraction of sp³-hybridized carbons (Fsp3) is 0.167. The number of aromatic nitrogens is 4. The van der Waals surface area contributed by atoms with Gasteiger partial charge in [0.25, 0.3) is 11.1 Å². The van der Waals surface area contributed by atoms with Crippen LogP contribution in [0.3, 0.4) is 0 Å². The molecule has 4 heterocycles. The molecule has 4 rings (SSSR count). The van der Waals surface area contributed by atoms with Crippen LogP contribution in [0.1, 0.15) is 20.9 Å². The minimum absolute atomic E-state index is 0.198. The number of pyridine rings is 1. The number of hydrogen-bond donors (Lipinski definition) is 1. The number of carbonyl (C=O) groups is 1. The van der Waals surface area contributed by atoms with Crippen molar-refractivity contribution in [2.45, 2.75) is 17.8 Å². The Hall–Kier alpha value is -3.18. The summed E-state index contributed by atoms with van der Waals surface area (Å²) in [5.74, 6) is 5.71. The highest BCUT2D eigenvalue weighted by Crippen LogP contribution is 2.29. The normalized spacial score (nSPS) is 11.2. The average Bonchev–Trinajstić information content (AvgIpc) is 3.05. The summed E-state index contributed by atoms with van der Waals surface area (Å²) in [6.45, 7) is 1.66. The van der Waals surface area contributed by atoms with E-state index in [2.05, 4.69) is 9.97 Å². The standard InChI is InChI=1S/C18H15N5O4S2/c1-9-13-15(29-14(9)17(26)27-2)21-18(23(19)16(13)25)28-8-10-7-12(24)22-6-4-3-5-11(22)20-10/h3-7H,8,19H2,1-2H3. The molecule has 4 aromatic heterocycles. The summed E-state index contributed by atoms with van der Waals surface area (Å²) in [7, 11) is 1.28. The second-order valence-electron chi connectivity index (χ2n) is 6.10. The van der Waals surface area contributed by atoms with Gasteiger partial charge in [0.05, 0.1) is 18.2 Å². The number of hydrogen-bond acceptors (Lipinski definition) is 9. The number of fused-ring (bicyclic) bond motifs is 2. The van der Waals surface area contributed by atoms with E-state index in [1.54, 1.807) is 31.3 Å². The van der Waals surface area contributed by atoms with Crippen molar-refractivity contribution in [3.05, 3.63) is 67.3 Å². The van der Waals surface area contributed by atoms with Crippen LogP contribution in [-0.4, -0.2) is 32.1 Å². The Bertz CT molecular complexity index is 1390. The molecule has 0 fully saturated rings. The van der Waals surface area contributed by atoms with E-state index in [-0.39, 0.29) is 10.7 Å². The molecule has 0 saturated carbocycles. The molecule has 0 unspecified atom stereocenters. The highest BCUT2D eigenvalue weighted by Gasteiger charge is 2.21. The number of nitrogens with zero attached hydrogens (tertiary/aromatic N) is 4. The minimum Gasteiger partial charge on any atom is -0.465 e. The zero-order valence-electron chi connectivity index (χ0n) is 15.4. The van der Waals surface area contributed by atoms with Gasteiger partial charge in [-0.2, -0.15) is 0 Å². The van der Waals surface area contributed by atoms with E-state index >= 15 is 0 Å². The van der Waals surface area contributed by atoms with Crippen LogP contribution in [-0.2, 0) is 10.5 Å². The first kappa shape index (κ1) is 19.2. The van der Waals surface area contributed by atoms with Crippen molar-refractivity contribution in [3.8, 4) is 0 Å². The van der Waals surface area contributed by atoms with Gasteiger partial charge in [-0.15, -0.1) is 11.3 Å². The van der Waals surface area contributed by atoms with Crippen LogP contribution in [0.4, 0.5) is 0 Å². The van der Waals surface area contributed by atoms with Crippen LogP contribution in [0.15, 0.2) is 45.2 Å². The fourth-order valence-corrected chi connectivity index (χ4v) is 4.83. The SMILES string of the molecule is COC(=O)c1sc2nc(SCc3cc(=O)n4ccccc4n3)n(N)c(=O)c2c1C. The maximum Gasteiger partial charge on any atom is 0.348 e. The summed E-state index contributed by atoms with van der Waals surface area (Å²) in [6.07, 6.45) is 1.65. The fourth-order valence-electron chi connectivity index (χ4n) is 2.88. The van der Waals surface area contributed by atoms with Gasteiger partial charge in [-0.3, -0.25) is 14.0 Å². The topological polar surface area (TPSA) is 122 Å². The summed E-state index contributed by atoms with van der Waals surface area (Å²) in [5, 5.41) is 0.555. The largest absolute Gasteiger partial charge is 0.465 e. The molecule has 148 valence electrons. The Kier molecular flexibility index (Phi) is 4.84. The molecule has 0 bridgehead atoms. The van der Waals surface area contributed by atoms with Gasteiger partial charge >= 0.3 is 5.97 Å². The summed E-state index contributed by atoms with van der Waals surface area (Å²) in [5.41, 5.74) is 0.914. The summed E-state index contributed by atoms with van der Waals surface area (Å²) < 4.78 is 7.15. The number of nitrogens with two attached hydrogens (primary N) is 1. The molecule has 0 aliphatic carbocycles. The van der Waals surface area contributed by atoms with Crippen LogP contribution >= 0.6 is 23.1 Å². The third-order valence-electron chi connectivity index (χ3n) is 4.31. The first-order valence-electron chi connectivity index (χ1n) is 8.40. The molecule has 0 aromatic carbocycles. The van der Waals surface area contributed by atoms with E-state index < -0.39 is 11.5 Å². The monoisotopic (exact) mass is 429 g/mol. The predicted molar refractivity (Wildman–Crippen MR) is 111 cm³/mol. The van der Waals surface area contributed by atoms with E-state index in [0.29, 0.717) is 37.8 Å². The number of methoxy groups -OCH3 is 1. The van der Waals surface area contributed by atoms with E-state index in [0.717, 1.165) is 16.0 Å². The number of aryl methyl sites for hydroxylation is 1. The summed E-state index contributed by atoms with van der Waals surface area (Å²) in [4.78, 5) is 46.4. The molecule has 11 heteroatoms. The van der Waals surface area contributed by atoms with E-state index in [1.165, 1.54) is 29.3 Å². The highest BCUT2D eigenvalue weighted by atomic mass is 32.2. The van der Waals surface area contributed by atoms with Crippen molar-refractivity contribution >= 4 is 44.9 Å². The third kappa shape index (κ3) is 3.28. The first-order valence-corrected chi connectivity index (χ1v) is 10.2. The highest BCUT2D eigenvalue weighted by molar-refractivity contribution is 7.98. The molecular weight excluding hydrogens is 414 g/mol. The van der Waals surface area contributed by atoms with Gasteiger partial charge < -0.3 is 10.6 Å². The molecule has 0 aliphatic heterocycles. The van der Waals surface area contributed by atoms with Crippen LogP contribution in [0.2, 0.25) is 0 Å². The Morgan fingerprint density at radius 2 is 2.10 bits per heavy atom. The Balaban J connectivity index is 1.72. The maximum atomic E-state index is 12.7. The number of nitrogen functional groups attached to an aromatic ring is 1. The van der Waals surface area contributed by atoms with E-state index in [9.17, 15) is 14.4 Å². The molecule has 0 saturated heterocycles. The van der Waals surface area contributed by atoms with Crippen LogP contribution in [0, 0.1) is 6.92 Å². The Labute approximate surface area is 171 Å². The summed E-state index contributed by atoms with van der Waals surface area (Å²) in [6, 6.07) is 6.72. The Morgan fingerprint density at radius 1 is 1.31 bits per heavy atom. The van der Waals surface area contributed by atoms with Gasteiger partial charge in [0.15, 0.2) is 5.16 Å². The minimum atomic E-state index is -0.525. The lowest BCUT2D eigenvalue weighted by molar-refractivity contribution is 0.0605. The molecule has 9 nitrogen and oxygen atoms in total. The zero-order chi connectivity index (χ0) is 20.7. The van der Waals surface area contributed by atoms with Gasteiger partial charge in [-0.1, -0.05) is 17.8 Å². The van der Waals surface area contributed by atoms with Crippen molar-refractivity contribution in [1.82, 2.24) is 19.0 Å². The Morgan fingerprint density at radius 3 is 2.86 bits per heavy atom. The van der Waals surface area contributed by atoms with Crippen molar-refractivity contribution in [2.24, 2.45) is 0 Å². The van der Waals surface area contributed by atoms with Crippen molar-refractivity contribution in [1.29, 1.82) is 0 Å². The number of thiophene rings is 1. The molecule has 4 aromatic rings.